The highest BCUT2D eigenvalue weighted by atomic mass is 19.4. The van der Waals surface area contributed by atoms with E-state index in [0.29, 0.717) is 29.9 Å². The molecule has 22 heavy (non-hydrogen) atoms. The molecule has 2 rings (SSSR count). The Bertz CT molecular complexity index is 566. The van der Waals surface area contributed by atoms with Crippen molar-refractivity contribution in [1.29, 1.82) is 0 Å². The molecule has 1 aliphatic heterocycles. The van der Waals surface area contributed by atoms with Crippen LogP contribution in [-0.4, -0.2) is 23.5 Å². The normalized spacial score (nSPS) is 17.8. The van der Waals surface area contributed by atoms with Gasteiger partial charge in [0.15, 0.2) is 5.60 Å². The van der Waals surface area contributed by atoms with Gasteiger partial charge in [0.05, 0.1) is 6.61 Å². The van der Waals surface area contributed by atoms with Crippen LogP contribution < -0.4 is 4.74 Å². The van der Waals surface area contributed by atoms with Gasteiger partial charge in [0.1, 0.15) is 11.6 Å². The van der Waals surface area contributed by atoms with Gasteiger partial charge in [0.25, 0.3) is 0 Å². The van der Waals surface area contributed by atoms with E-state index in [-0.39, 0.29) is 0 Å². The van der Waals surface area contributed by atoms with Crippen molar-refractivity contribution < 1.29 is 27.4 Å². The van der Waals surface area contributed by atoms with Crippen molar-refractivity contribution in [3.05, 3.63) is 29.1 Å². The van der Waals surface area contributed by atoms with Gasteiger partial charge >= 0.3 is 6.18 Å². The van der Waals surface area contributed by atoms with Crippen LogP contribution >= 0.6 is 0 Å². The Morgan fingerprint density at radius 3 is 2.41 bits per heavy atom. The van der Waals surface area contributed by atoms with E-state index in [4.69, 9.17) is 4.74 Å². The molecular formula is C16H20F4O2. The Morgan fingerprint density at radius 1 is 1.23 bits per heavy atom. The molecule has 1 atom stereocenters. The van der Waals surface area contributed by atoms with Crippen molar-refractivity contribution in [1.82, 2.24) is 0 Å². The van der Waals surface area contributed by atoms with Crippen molar-refractivity contribution in [3.8, 4) is 5.75 Å². The van der Waals surface area contributed by atoms with Crippen LogP contribution in [0.5, 0.6) is 5.75 Å². The van der Waals surface area contributed by atoms with E-state index in [1.54, 1.807) is 13.8 Å². The maximum atomic E-state index is 13.8. The summed E-state index contributed by atoms with van der Waals surface area (Å²) in [5, 5.41) is 10.0. The molecule has 2 nitrogen and oxygen atoms in total. The van der Waals surface area contributed by atoms with Crippen molar-refractivity contribution >= 4 is 0 Å². The first-order valence-corrected chi connectivity index (χ1v) is 7.25. The number of ether oxygens (including phenoxy) is 1. The predicted octanol–water partition coefficient (Wildman–Crippen LogP) is 4.13. The highest BCUT2D eigenvalue weighted by Gasteiger charge is 2.55. The third-order valence-electron chi connectivity index (χ3n) is 4.32. The summed E-state index contributed by atoms with van der Waals surface area (Å²) in [5.74, 6) is -0.0496. The summed E-state index contributed by atoms with van der Waals surface area (Å²) in [7, 11) is 0. The number of hydrogen-bond donors (Lipinski definition) is 1. The number of fused-ring (bicyclic) bond motifs is 1. The second-order valence-corrected chi connectivity index (χ2v) is 6.48. The third kappa shape index (κ3) is 2.93. The van der Waals surface area contributed by atoms with Crippen LogP contribution in [0, 0.1) is 5.82 Å². The van der Waals surface area contributed by atoms with Crippen LogP contribution in [0.15, 0.2) is 12.1 Å². The minimum atomic E-state index is -4.74. The van der Waals surface area contributed by atoms with Crippen LogP contribution in [0.3, 0.4) is 0 Å². The first kappa shape index (κ1) is 17.1. The predicted molar refractivity (Wildman–Crippen MR) is 74.5 cm³/mol. The summed E-state index contributed by atoms with van der Waals surface area (Å²) in [4.78, 5) is 0. The monoisotopic (exact) mass is 320 g/mol. The van der Waals surface area contributed by atoms with Crippen molar-refractivity contribution in [2.24, 2.45) is 0 Å². The average molecular weight is 320 g/mol. The molecule has 1 aromatic rings. The molecule has 0 aromatic heterocycles. The van der Waals surface area contributed by atoms with Gasteiger partial charge in [-0.1, -0.05) is 20.8 Å². The van der Waals surface area contributed by atoms with E-state index in [2.05, 4.69) is 0 Å². The number of aliphatic hydroxyl groups is 1. The molecule has 0 saturated heterocycles. The lowest BCUT2D eigenvalue weighted by Crippen LogP contribution is -2.48. The number of halogens is 4. The summed E-state index contributed by atoms with van der Waals surface area (Å²) < 4.78 is 58.7. The van der Waals surface area contributed by atoms with E-state index in [1.807, 2.05) is 0 Å². The fourth-order valence-corrected chi connectivity index (χ4v) is 3.02. The van der Waals surface area contributed by atoms with Gasteiger partial charge in [-0.3, -0.25) is 0 Å². The maximum Gasteiger partial charge on any atom is 0.417 e. The Morgan fingerprint density at radius 2 is 1.86 bits per heavy atom. The molecule has 1 aromatic carbocycles. The first-order chi connectivity index (χ1) is 10.00. The van der Waals surface area contributed by atoms with Gasteiger partial charge in [0, 0.05) is 17.5 Å². The summed E-state index contributed by atoms with van der Waals surface area (Å²) >= 11 is 0. The minimum absolute atomic E-state index is 0.371. The quantitative estimate of drug-likeness (QED) is 0.845. The van der Waals surface area contributed by atoms with Gasteiger partial charge < -0.3 is 9.84 Å². The summed E-state index contributed by atoms with van der Waals surface area (Å²) in [6, 6.07) is 2.55. The Kier molecular flexibility index (Phi) is 4.19. The van der Waals surface area contributed by atoms with Gasteiger partial charge in [-0.05, 0) is 30.4 Å². The van der Waals surface area contributed by atoms with E-state index < -0.39 is 35.9 Å². The van der Waals surface area contributed by atoms with E-state index >= 15 is 0 Å². The van der Waals surface area contributed by atoms with Gasteiger partial charge in [-0.15, -0.1) is 0 Å². The van der Waals surface area contributed by atoms with Crippen molar-refractivity contribution in [3.63, 3.8) is 0 Å². The molecule has 124 valence electrons. The molecule has 0 aliphatic carbocycles. The Labute approximate surface area is 127 Å². The molecule has 1 heterocycles. The molecule has 0 spiro atoms. The SMILES string of the molecule is CCC(O)(CC(C)(C)c1cc(F)cc2c1OCC2)C(F)(F)F. The lowest BCUT2D eigenvalue weighted by molar-refractivity contribution is -0.267. The summed E-state index contributed by atoms with van der Waals surface area (Å²) in [6.45, 7) is 4.81. The lowest BCUT2D eigenvalue weighted by atomic mass is 9.73. The largest absolute Gasteiger partial charge is 0.493 e. The lowest BCUT2D eigenvalue weighted by Gasteiger charge is -2.37. The Hall–Kier alpha value is -1.30. The van der Waals surface area contributed by atoms with Crippen LogP contribution in [0.25, 0.3) is 0 Å². The molecule has 6 heteroatoms. The molecule has 0 saturated carbocycles. The topological polar surface area (TPSA) is 29.5 Å². The summed E-state index contributed by atoms with van der Waals surface area (Å²) in [6.07, 6.45) is -5.22. The zero-order valence-corrected chi connectivity index (χ0v) is 12.9. The van der Waals surface area contributed by atoms with Crippen LogP contribution in [0.1, 0.15) is 44.7 Å². The number of alkyl halides is 3. The van der Waals surface area contributed by atoms with Crippen molar-refractivity contribution in [2.45, 2.75) is 57.2 Å². The zero-order valence-electron chi connectivity index (χ0n) is 12.9. The molecule has 0 radical (unpaired) electrons. The fraction of sp³-hybridized carbons (Fsp3) is 0.625. The molecule has 0 fully saturated rings. The highest BCUT2D eigenvalue weighted by molar-refractivity contribution is 5.48. The fourth-order valence-electron chi connectivity index (χ4n) is 3.02. The first-order valence-electron chi connectivity index (χ1n) is 7.25. The summed E-state index contributed by atoms with van der Waals surface area (Å²) in [5.41, 5.74) is -2.86. The highest BCUT2D eigenvalue weighted by Crippen LogP contribution is 2.46. The average Bonchev–Trinajstić information content (AvgIpc) is 2.83. The van der Waals surface area contributed by atoms with Crippen LogP contribution in [0.2, 0.25) is 0 Å². The van der Waals surface area contributed by atoms with Gasteiger partial charge in [-0.2, -0.15) is 13.2 Å². The van der Waals surface area contributed by atoms with Gasteiger partial charge in [0.2, 0.25) is 0 Å². The van der Waals surface area contributed by atoms with Gasteiger partial charge in [-0.25, -0.2) is 4.39 Å². The minimum Gasteiger partial charge on any atom is -0.493 e. The molecule has 0 amide bonds. The van der Waals surface area contributed by atoms with E-state index in [0.717, 1.165) is 0 Å². The smallest absolute Gasteiger partial charge is 0.417 e. The molecule has 1 N–H and O–H groups in total. The maximum absolute atomic E-state index is 13.8. The van der Waals surface area contributed by atoms with Crippen LogP contribution in [-0.2, 0) is 11.8 Å². The molecular weight excluding hydrogens is 300 g/mol. The second kappa shape index (κ2) is 5.41. The third-order valence-corrected chi connectivity index (χ3v) is 4.32. The second-order valence-electron chi connectivity index (χ2n) is 6.48. The molecule has 1 aliphatic rings. The Balaban J connectivity index is 2.43. The number of hydrogen-bond acceptors (Lipinski definition) is 2. The standard InChI is InChI=1S/C16H20F4O2/c1-4-15(21,16(18,19)20)9-14(2,3)12-8-11(17)7-10-5-6-22-13(10)12/h7-8,21H,4-6,9H2,1-3H3. The number of benzene rings is 1. The van der Waals surface area contributed by atoms with Crippen LogP contribution in [0.4, 0.5) is 17.6 Å². The van der Waals surface area contributed by atoms with Crippen molar-refractivity contribution in [2.75, 3.05) is 6.61 Å². The zero-order chi connectivity index (χ0) is 16.8. The number of rotatable bonds is 4. The molecule has 1 unspecified atom stereocenters. The van der Waals surface area contributed by atoms with E-state index in [9.17, 15) is 22.7 Å². The molecule has 0 bridgehead atoms. The van der Waals surface area contributed by atoms with E-state index in [1.165, 1.54) is 19.1 Å².